The molecule has 0 saturated carbocycles. The summed E-state index contributed by atoms with van der Waals surface area (Å²) in [7, 11) is -4.35. The Morgan fingerprint density at radius 2 is 2.04 bits per heavy atom. The number of Topliss-reactive ketones (excluding diaryl/α,β-unsaturated/α-hetero) is 1. The minimum absolute atomic E-state index is 0.249. The van der Waals surface area contributed by atoms with E-state index in [9.17, 15) is 26.4 Å². The van der Waals surface area contributed by atoms with Crippen LogP contribution < -0.4 is 0 Å². The predicted octanol–water partition coefficient (Wildman–Crippen LogP) is 4.10. The molecule has 4 nitrogen and oxygen atoms in total. The normalized spacial score (nSPS) is 17.3. The number of carbonyl (C=O) groups is 1. The van der Waals surface area contributed by atoms with E-state index in [0.29, 0.717) is 11.6 Å². The maximum absolute atomic E-state index is 12.9. The van der Waals surface area contributed by atoms with Crippen molar-refractivity contribution in [3.05, 3.63) is 56.2 Å². The average Bonchev–Trinajstić information content (AvgIpc) is 3.08. The maximum Gasteiger partial charge on any atom is 0.455 e. The molecule has 0 atom stereocenters. The van der Waals surface area contributed by atoms with Crippen LogP contribution in [0.1, 0.15) is 11.8 Å². The van der Waals surface area contributed by atoms with Gasteiger partial charge in [0.2, 0.25) is 0 Å². The first-order chi connectivity index (χ1) is 12.1. The van der Waals surface area contributed by atoms with Crippen LogP contribution in [0.3, 0.4) is 0 Å². The number of carbonyl (C=O) groups excluding carboxylic acids is 1. The summed E-state index contributed by atoms with van der Waals surface area (Å²) in [6.07, 6.45) is 0.503. The van der Waals surface area contributed by atoms with Gasteiger partial charge in [-0.15, -0.1) is 23.1 Å². The van der Waals surface area contributed by atoms with Gasteiger partial charge in [-0.3, -0.25) is 4.79 Å². The van der Waals surface area contributed by atoms with Crippen molar-refractivity contribution in [3.63, 3.8) is 0 Å². The van der Waals surface area contributed by atoms with E-state index in [1.54, 1.807) is 11.2 Å². The van der Waals surface area contributed by atoms with Crippen molar-refractivity contribution in [1.82, 2.24) is 4.90 Å². The van der Waals surface area contributed by atoms with E-state index in [2.05, 4.69) is 0 Å². The largest absolute Gasteiger partial charge is 0.455 e. The van der Waals surface area contributed by atoms with Gasteiger partial charge in [-0.25, -0.2) is 8.42 Å². The summed E-state index contributed by atoms with van der Waals surface area (Å²) in [5.74, 6) is -2.94. The second-order valence-electron chi connectivity index (χ2n) is 5.22. The third-order valence-electron chi connectivity index (χ3n) is 3.53. The van der Waals surface area contributed by atoms with Gasteiger partial charge in [0.05, 0.1) is 17.3 Å². The molecule has 0 unspecified atom stereocenters. The van der Waals surface area contributed by atoms with Crippen LogP contribution in [0.2, 0.25) is 0 Å². The Hall–Kier alpha value is -1.52. The molecule has 0 aromatic carbocycles. The zero-order valence-electron chi connectivity index (χ0n) is 13.9. The van der Waals surface area contributed by atoms with Gasteiger partial charge in [0.15, 0.2) is 9.84 Å². The Labute approximate surface area is 158 Å². The van der Waals surface area contributed by atoms with Crippen LogP contribution in [0.4, 0.5) is 13.2 Å². The van der Waals surface area contributed by atoms with Gasteiger partial charge in [0.25, 0.3) is 5.78 Å². The van der Waals surface area contributed by atoms with Gasteiger partial charge in [-0.2, -0.15) is 13.2 Å². The summed E-state index contributed by atoms with van der Waals surface area (Å²) < 4.78 is 63.1. The zero-order chi connectivity index (χ0) is 19.5. The van der Waals surface area contributed by atoms with E-state index in [1.807, 2.05) is 17.5 Å². The molecule has 1 aliphatic heterocycles. The molecule has 0 aliphatic carbocycles. The van der Waals surface area contributed by atoms with Gasteiger partial charge < -0.3 is 4.90 Å². The summed E-state index contributed by atoms with van der Waals surface area (Å²) in [5.41, 5.74) is -0.249. The molecule has 1 aromatic rings. The average molecular weight is 424 g/mol. The lowest BCUT2D eigenvalue weighted by molar-refractivity contribution is -0.165. The number of halogens is 3. The highest BCUT2D eigenvalue weighted by Gasteiger charge is 2.45. The molecule has 0 fully saturated rings. The predicted molar refractivity (Wildman–Crippen MR) is 98.1 cm³/mol. The number of thioether (sulfide) groups is 1. The lowest BCUT2D eigenvalue weighted by Crippen LogP contribution is -2.30. The summed E-state index contributed by atoms with van der Waals surface area (Å²) >= 11 is 2.78. The summed E-state index contributed by atoms with van der Waals surface area (Å²) in [6, 6.07) is 3.80. The van der Waals surface area contributed by atoms with Gasteiger partial charge in [-0.05, 0) is 29.9 Å². The minimum Gasteiger partial charge on any atom is -0.338 e. The van der Waals surface area contributed by atoms with Crippen molar-refractivity contribution >= 4 is 38.7 Å². The third-order valence-corrected chi connectivity index (χ3v) is 6.96. The van der Waals surface area contributed by atoms with E-state index in [4.69, 9.17) is 0 Å². The van der Waals surface area contributed by atoms with Crippen LogP contribution in [-0.4, -0.2) is 37.3 Å². The van der Waals surface area contributed by atoms with Crippen LogP contribution >= 0.6 is 23.1 Å². The molecule has 1 aliphatic rings. The summed E-state index contributed by atoms with van der Waals surface area (Å²) in [4.78, 5) is 13.4. The number of allylic oxidation sites excluding steroid dienone is 4. The van der Waals surface area contributed by atoms with Crippen LogP contribution in [0.15, 0.2) is 51.4 Å². The quantitative estimate of drug-likeness (QED) is 0.645. The van der Waals surface area contributed by atoms with Crippen LogP contribution in [0.25, 0.3) is 0 Å². The fraction of sp³-hybridized carbons (Fsp3) is 0.312. The topological polar surface area (TPSA) is 54.5 Å². The van der Waals surface area contributed by atoms with Crippen LogP contribution in [0, 0.1) is 0 Å². The fourth-order valence-corrected chi connectivity index (χ4v) is 4.73. The molecular formula is C16H16F3NO3S3. The highest BCUT2D eigenvalue weighted by atomic mass is 32.2. The first-order valence-corrected chi connectivity index (χ1v) is 11.2. The van der Waals surface area contributed by atoms with E-state index in [-0.39, 0.29) is 5.57 Å². The number of hydrogen-bond donors (Lipinski definition) is 0. The molecule has 0 bridgehead atoms. The number of hydrogen-bond acceptors (Lipinski definition) is 6. The lowest BCUT2D eigenvalue weighted by atomic mass is 10.1. The monoisotopic (exact) mass is 423 g/mol. The highest BCUT2D eigenvalue weighted by molar-refractivity contribution is 8.02. The number of ketones is 1. The summed E-state index contributed by atoms with van der Waals surface area (Å²) in [6.45, 7) is 1.70. The number of nitrogens with zero attached hydrogens (tertiary/aromatic N) is 1. The first-order valence-electron chi connectivity index (χ1n) is 7.41. The molecule has 2 heterocycles. The van der Waals surface area contributed by atoms with Crippen molar-refractivity contribution in [2.45, 2.75) is 19.6 Å². The zero-order valence-corrected chi connectivity index (χ0v) is 16.4. The molecule has 0 N–H and O–H groups in total. The van der Waals surface area contributed by atoms with Crippen molar-refractivity contribution < 1.29 is 26.4 Å². The Morgan fingerprint density at radius 1 is 1.35 bits per heavy atom. The first kappa shape index (κ1) is 20.8. The summed E-state index contributed by atoms with van der Waals surface area (Å²) in [5, 5.41) is 2.46. The van der Waals surface area contributed by atoms with E-state index in [1.165, 1.54) is 48.4 Å². The van der Waals surface area contributed by atoms with Crippen molar-refractivity contribution in [3.8, 4) is 0 Å². The van der Waals surface area contributed by atoms with Crippen molar-refractivity contribution in [2.75, 3.05) is 12.0 Å². The molecule has 2 rings (SSSR count). The van der Waals surface area contributed by atoms with E-state index >= 15 is 0 Å². The van der Waals surface area contributed by atoms with Crippen molar-refractivity contribution in [1.29, 1.82) is 0 Å². The van der Waals surface area contributed by atoms with Gasteiger partial charge >= 0.3 is 6.18 Å². The lowest BCUT2D eigenvalue weighted by Gasteiger charge is -2.26. The standard InChI is InChI=1S/C16H16F3NO3S3/c1-3-26(22,23)14(15(21)16(17,18)19)11-6-7-20(13(9-11)24-2)10-12-5-4-8-25-12/h4-9H,3,10H2,1-2H3. The molecule has 26 heavy (non-hydrogen) atoms. The Morgan fingerprint density at radius 3 is 2.54 bits per heavy atom. The highest BCUT2D eigenvalue weighted by Crippen LogP contribution is 2.33. The smallest absolute Gasteiger partial charge is 0.338 e. The van der Waals surface area contributed by atoms with Crippen LogP contribution in [-0.2, 0) is 21.2 Å². The van der Waals surface area contributed by atoms with Crippen LogP contribution in [0.5, 0.6) is 0 Å². The van der Waals surface area contributed by atoms with Gasteiger partial charge in [0, 0.05) is 16.7 Å². The van der Waals surface area contributed by atoms with Gasteiger partial charge in [-0.1, -0.05) is 13.0 Å². The SMILES string of the molecule is CCS(=O)(=O)C(C(=O)C(F)(F)F)=C1C=CN(Cc2cccs2)C(SC)=C1. The number of alkyl halides is 3. The fourth-order valence-electron chi connectivity index (χ4n) is 2.25. The number of sulfone groups is 1. The molecular weight excluding hydrogens is 407 g/mol. The van der Waals surface area contributed by atoms with E-state index in [0.717, 1.165) is 4.88 Å². The Kier molecular flexibility index (Phi) is 6.41. The number of rotatable bonds is 6. The molecule has 0 saturated heterocycles. The van der Waals surface area contributed by atoms with Crippen molar-refractivity contribution in [2.24, 2.45) is 0 Å². The molecule has 1 aromatic heterocycles. The molecule has 0 radical (unpaired) electrons. The maximum atomic E-state index is 12.9. The third kappa shape index (κ3) is 4.60. The minimum atomic E-state index is -5.26. The molecule has 142 valence electrons. The number of thiophene rings is 1. The second-order valence-corrected chi connectivity index (χ2v) is 9.30. The van der Waals surface area contributed by atoms with Gasteiger partial charge in [0.1, 0.15) is 4.91 Å². The Balaban J connectivity index is 2.52. The van der Waals surface area contributed by atoms with E-state index < -0.39 is 32.5 Å². The molecule has 10 heteroatoms. The molecule has 0 amide bonds. The Bertz CT molecular complexity index is 866. The second kappa shape index (κ2) is 8.01. The molecule has 0 spiro atoms.